The smallest absolute Gasteiger partial charge is 0.259 e. The number of carbonyl (C=O) groups excluding carboxylic acids is 4. The van der Waals surface area contributed by atoms with E-state index in [0.717, 1.165) is 0 Å². The molecular weight excluding hydrogens is 284 g/mol. The summed E-state index contributed by atoms with van der Waals surface area (Å²) in [5, 5.41) is 4.46. The van der Waals surface area contributed by atoms with Crippen molar-refractivity contribution in [3.8, 4) is 0 Å². The Balaban J connectivity index is 2.13. The summed E-state index contributed by atoms with van der Waals surface area (Å²) >= 11 is 0. The van der Waals surface area contributed by atoms with Gasteiger partial charge < -0.3 is 0 Å². The Morgan fingerprint density at radius 3 is 1.41 bits per heavy atom. The maximum Gasteiger partial charge on any atom is 0.259 e. The number of nitrogens with one attached hydrogen (secondary N) is 2. The molecule has 22 heavy (non-hydrogen) atoms. The fraction of sp³-hybridized carbons (Fsp3) is 0.125. The van der Waals surface area contributed by atoms with E-state index < -0.39 is 23.6 Å². The highest BCUT2D eigenvalue weighted by Crippen LogP contribution is 2.29. The Hall–Kier alpha value is -3.02. The molecular formula is C16H12N2O4. The molecule has 6 heteroatoms. The van der Waals surface area contributed by atoms with E-state index >= 15 is 0 Å². The van der Waals surface area contributed by atoms with Gasteiger partial charge in [-0.25, -0.2) is 0 Å². The molecule has 1 aromatic carbocycles. The van der Waals surface area contributed by atoms with Crippen LogP contribution in [0.2, 0.25) is 0 Å². The summed E-state index contributed by atoms with van der Waals surface area (Å²) < 4.78 is 0. The molecule has 0 aliphatic carbocycles. The van der Waals surface area contributed by atoms with Crippen molar-refractivity contribution < 1.29 is 19.2 Å². The summed E-state index contributed by atoms with van der Waals surface area (Å²) in [5.74, 6) is -1.77. The molecule has 6 nitrogen and oxygen atoms in total. The fourth-order valence-corrected chi connectivity index (χ4v) is 2.61. The topological polar surface area (TPSA) is 92.3 Å². The van der Waals surface area contributed by atoms with Crippen LogP contribution in [0.5, 0.6) is 0 Å². The first-order chi connectivity index (χ1) is 10.4. The number of amides is 4. The fourth-order valence-electron chi connectivity index (χ4n) is 2.61. The lowest BCUT2D eigenvalue weighted by Crippen LogP contribution is -2.23. The first-order valence-electron chi connectivity index (χ1n) is 6.64. The predicted octanol–water partition coefficient (Wildman–Crippen LogP) is 0.546. The Morgan fingerprint density at radius 2 is 1.09 bits per heavy atom. The highest BCUT2D eigenvalue weighted by Gasteiger charge is 2.30. The Morgan fingerprint density at radius 1 is 0.682 bits per heavy atom. The van der Waals surface area contributed by atoms with E-state index in [-0.39, 0.29) is 11.1 Å². The minimum Gasteiger partial charge on any atom is -0.288 e. The van der Waals surface area contributed by atoms with Crippen LogP contribution in [0.1, 0.15) is 25.0 Å². The summed E-state index contributed by atoms with van der Waals surface area (Å²) in [6.45, 7) is 3.14. The molecule has 2 aliphatic rings. The number of hydrogen-bond donors (Lipinski definition) is 2. The van der Waals surface area contributed by atoms with Gasteiger partial charge in [0.1, 0.15) is 0 Å². The Kier molecular flexibility index (Phi) is 3.02. The molecule has 110 valence electrons. The van der Waals surface area contributed by atoms with Crippen LogP contribution in [0.25, 0.3) is 11.1 Å². The standard InChI is InChI=1S/C16H12N2O4/c1-7-11(15(21)17-13(7)19)9-4-3-5-10(6-9)12-8(2)14(20)18-16(12)22/h3-6H,1-2H3,(H,17,19,21)(H,18,20,22). The largest absolute Gasteiger partial charge is 0.288 e. The average molecular weight is 296 g/mol. The van der Waals surface area contributed by atoms with Gasteiger partial charge in [-0.1, -0.05) is 18.2 Å². The number of carbonyl (C=O) groups is 4. The maximum absolute atomic E-state index is 11.9. The van der Waals surface area contributed by atoms with Crippen molar-refractivity contribution in [2.75, 3.05) is 0 Å². The van der Waals surface area contributed by atoms with Crippen LogP contribution in [0.3, 0.4) is 0 Å². The molecule has 0 bridgehead atoms. The van der Waals surface area contributed by atoms with E-state index in [1.807, 2.05) is 0 Å². The van der Waals surface area contributed by atoms with Crippen molar-refractivity contribution in [2.24, 2.45) is 0 Å². The lowest BCUT2D eigenvalue weighted by Gasteiger charge is -2.06. The normalized spacial score (nSPS) is 18.3. The van der Waals surface area contributed by atoms with Crippen LogP contribution in [0.15, 0.2) is 35.4 Å². The number of rotatable bonds is 2. The first kappa shape index (κ1) is 13.9. The molecule has 0 atom stereocenters. The van der Waals surface area contributed by atoms with E-state index in [1.54, 1.807) is 38.1 Å². The van der Waals surface area contributed by atoms with Gasteiger partial charge >= 0.3 is 0 Å². The van der Waals surface area contributed by atoms with Gasteiger partial charge in [-0.05, 0) is 31.0 Å². The van der Waals surface area contributed by atoms with Crippen molar-refractivity contribution in [2.45, 2.75) is 13.8 Å². The molecule has 0 unspecified atom stereocenters. The van der Waals surface area contributed by atoms with E-state index in [1.165, 1.54) is 0 Å². The highest BCUT2D eigenvalue weighted by molar-refractivity contribution is 6.37. The zero-order valence-corrected chi connectivity index (χ0v) is 11.9. The molecule has 1 aromatic rings. The zero-order valence-electron chi connectivity index (χ0n) is 11.9. The van der Waals surface area contributed by atoms with Crippen LogP contribution in [-0.2, 0) is 19.2 Å². The zero-order chi connectivity index (χ0) is 16.0. The van der Waals surface area contributed by atoms with Gasteiger partial charge in [0.25, 0.3) is 23.6 Å². The molecule has 0 saturated heterocycles. The lowest BCUT2D eigenvalue weighted by atomic mass is 9.96. The first-order valence-corrected chi connectivity index (χ1v) is 6.64. The second kappa shape index (κ2) is 4.77. The van der Waals surface area contributed by atoms with E-state index in [4.69, 9.17) is 0 Å². The van der Waals surface area contributed by atoms with Crippen molar-refractivity contribution in [1.29, 1.82) is 0 Å². The summed E-state index contributed by atoms with van der Waals surface area (Å²) in [6.07, 6.45) is 0. The Bertz CT molecular complexity index is 765. The second-order valence-corrected chi connectivity index (χ2v) is 5.15. The summed E-state index contributed by atoms with van der Waals surface area (Å²) in [7, 11) is 0. The molecule has 0 aromatic heterocycles. The molecule has 0 radical (unpaired) electrons. The van der Waals surface area contributed by atoms with Crippen molar-refractivity contribution >= 4 is 34.8 Å². The van der Waals surface area contributed by atoms with Gasteiger partial charge in [0.05, 0.1) is 11.1 Å². The molecule has 2 N–H and O–H groups in total. The predicted molar refractivity (Wildman–Crippen MR) is 77.9 cm³/mol. The van der Waals surface area contributed by atoms with E-state index in [9.17, 15) is 19.2 Å². The number of imide groups is 2. The van der Waals surface area contributed by atoms with Gasteiger partial charge in [0.15, 0.2) is 0 Å². The van der Waals surface area contributed by atoms with Crippen LogP contribution in [0.4, 0.5) is 0 Å². The third-order valence-electron chi connectivity index (χ3n) is 3.78. The molecule has 0 fully saturated rings. The van der Waals surface area contributed by atoms with Gasteiger partial charge in [-0.3, -0.25) is 29.8 Å². The third-order valence-corrected chi connectivity index (χ3v) is 3.78. The van der Waals surface area contributed by atoms with Crippen molar-refractivity contribution in [3.63, 3.8) is 0 Å². The molecule has 2 heterocycles. The Labute approximate surface area is 125 Å². The molecule has 0 saturated carbocycles. The minimum absolute atomic E-state index is 0.287. The monoisotopic (exact) mass is 296 g/mol. The van der Waals surface area contributed by atoms with Gasteiger partial charge in [0, 0.05) is 11.1 Å². The molecule has 2 aliphatic heterocycles. The van der Waals surface area contributed by atoms with E-state index in [2.05, 4.69) is 10.6 Å². The molecule has 3 rings (SSSR count). The van der Waals surface area contributed by atoms with Crippen LogP contribution < -0.4 is 10.6 Å². The van der Waals surface area contributed by atoms with Crippen LogP contribution in [-0.4, -0.2) is 23.6 Å². The van der Waals surface area contributed by atoms with E-state index in [0.29, 0.717) is 22.3 Å². The highest BCUT2D eigenvalue weighted by atomic mass is 16.2. The average Bonchev–Trinajstić information content (AvgIpc) is 2.86. The summed E-state index contributed by atoms with van der Waals surface area (Å²) in [4.78, 5) is 46.8. The van der Waals surface area contributed by atoms with Crippen LogP contribution in [0, 0.1) is 0 Å². The lowest BCUT2D eigenvalue weighted by molar-refractivity contribution is -0.125. The van der Waals surface area contributed by atoms with Crippen molar-refractivity contribution in [1.82, 2.24) is 10.6 Å². The minimum atomic E-state index is -0.461. The van der Waals surface area contributed by atoms with Gasteiger partial charge in [0.2, 0.25) is 0 Å². The SMILES string of the molecule is CC1=C(c2cccc(C3=C(C)C(=O)NC3=O)c2)C(=O)NC1=O. The second-order valence-electron chi connectivity index (χ2n) is 5.15. The maximum atomic E-state index is 11.9. The van der Waals surface area contributed by atoms with Gasteiger partial charge in [-0.2, -0.15) is 0 Å². The number of benzene rings is 1. The van der Waals surface area contributed by atoms with Crippen molar-refractivity contribution in [3.05, 3.63) is 46.5 Å². The molecule has 4 amide bonds. The summed E-state index contributed by atoms with van der Waals surface area (Å²) in [5.41, 5.74) is 2.31. The quantitative estimate of drug-likeness (QED) is 0.779. The van der Waals surface area contributed by atoms with Crippen LogP contribution >= 0.6 is 0 Å². The third kappa shape index (κ3) is 1.96. The van der Waals surface area contributed by atoms with Gasteiger partial charge in [-0.15, -0.1) is 0 Å². The summed E-state index contributed by atoms with van der Waals surface area (Å²) in [6, 6.07) is 6.68. The number of hydrogen-bond acceptors (Lipinski definition) is 4. The molecule has 0 spiro atoms.